The molecule has 0 bridgehead atoms. The van der Waals surface area contributed by atoms with Crippen molar-refractivity contribution in [3.05, 3.63) is 65.7 Å². The first-order valence-corrected chi connectivity index (χ1v) is 9.35. The van der Waals surface area contributed by atoms with Gasteiger partial charge in [0.2, 0.25) is 5.91 Å². The maximum absolute atomic E-state index is 14.0. The maximum atomic E-state index is 14.0. The van der Waals surface area contributed by atoms with Gasteiger partial charge in [0.05, 0.1) is 17.6 Å². The Morgan fingerprint density at radius 2 is 1.86 bits per heavy atom. The molecule has 1 heterocycles. The van der Waals surface area contributed by atoms with E-state index in [4.69, 9.17) is 0 Å². The second-order valence-corrected chi connectivity index (χ2v) is 6.80. The SMILES string of the molecule is CCNC(=O)C1CCC(c2ccccc2)N(C(=O)Nc2ccc(F)cc2F)C1. The number of benzene rings is 2. The number of carbonyl (C=O) groups excluding carboxylic acids is 2. The van der Waals surface area contributed by atoms with Gasteiger partial charge in [-0.15, -0.1) is 0 Å². The van der Waals surface area contributed by atoms with Crippen LogP contribution in [-0.4, -0.2) is 29.9 Å². The molecule has 1 aliphatic heterocycles. The van der Waals surface area contributed by atoms with Crippen LogP contribution in [0.25, 0.3) is 0 Å². The van der Waals surface area contributed by atoms with Crippen molar-refractivity contribution < 1.29 is 18.4 Å². The zero-order valence-corrected chi connectivity index (χ0v) is 15.6. The molecule has 0 aliphatic carbocycles. The summed E-state index contributed by atoms with van der Waals surface area (Å²) in [6.07, 6.45) is 1.27. The smallest absolute Gasteiger partial charge is 0.322 e. The standard InChI is InChI=1S/C21H23F2N3O2/c1-2-24-20(27)15-8-11-19(14-6-4-3-5-7-14)26(13-15)21(28)25-18-10-9-16(22)12-17(18)23/h3-7,9-10,12,15,19H,2,8,11,13H2,1H3,(H,24,27)(H,25,28). The van der Waals surface area contributed by atoms with Crippen molar-refractivity contribution in [3.63, 3.8) is 0 Å². The van der Waals surface area contributed by atoms with Gasteiger partial charge < -0.3 is 15.5 Å². The number of piperidine rings is 1. The molecule has 0 spiro atoms. The maximum Gasteiger partial charge on any atom is 0.322 e. The number of nitrogens with zero attached hydrogens (tertiary/aromatic N) is 1. The molecule has 3 amide bonds. The monoisotopic (exact) mass is 387 g/mol. The van der Waals surface area contributed by atoms with Crippen LogP contribution in [0.15, 0.2) is 48.5 Å². The Balaban J connectivity index is 1.83. The molecule has 2 aromatic rings. The lowest BCUT2D eigenvalue weighted by Crippen LogP contribution is -2.48. The molecule has 28 heavy (non-hydrogen) atoms. The molecule has 2 atom stereocenters. The van der Waals surface area contributed by atoms with Crippen LogP contribution in [0.1, 0.15) is 31.4 Å². The molecule has 1 aliphatic rings. The first-order chi connectivity index (χ1) is 13.5. The number of hydrogen-bond donors (Lipinski definition) is 2. The van der Waals surface area contributed by atoms with Gasteiger partial charge in [0.15, 0.2) is 0 Å². The highest BCUT2D eigenvalue weighted by Gasteiger charge is 2.35. The lowest BCUT2D eigenvalue weighted by molar-refractivity contribution is -0.126. The summed E-state index contributed by atoms with van der Waals surface area (Å²) >= 11 is 0. The van der Waals surface area contributed by atoms with Gasteiger partial charge >= 0.3 is 6.03 Å². The molecule has 2 N–H and O–H groups in total. The zero-order valence-electron chi connectivity index (χ0n) is 15.6. The van der Waals surface area contributed by atoms with Crippen LogP contribution < -0.4 is 10.6 Å². The van der Waals surface area contributed by atoms with Gasteiger partial charge in [0, 0.05) is 19.2 Å². The van der Waals surface area contributed by atoms with Gasteiger partial charge in [0.1, 0.15) is 11.6 Å². The van der Waals surface area contributed by atoms with E-state index in [0.29, 0.717) is 19.4 Å². The Kier molecular flexibility index (Phi) is 6.23. The quantitative estimate of drug-likeness (QED) is 0.830. The molecular weight excluding hydrogens is 364 g/mol. The van der Waals surface area contributed by atoms with Crippen molar-refractivity contribution in [2.75, 3.05) is 18.4 Å². The summed E-state index contributed by atoms with van der Waals surface area (Å²) in [7, 11) is 0. The normalized spacial score (nSPS) is 19.2. The second kappa shape index (κ2) is 8.82. The minimum Gasteiger partial charge on any atom is -0.356 e. The Morgan fingerprint density at radius 1 is 1.11 bits per heavy atom. The third-order valence-corrected chi connectivity index (χ3v) is 4.92. The van der Waals surface area contributed by atoms with Gasteiger partial charge in [-0.1, -0.05) is 30.3 Å². The Bertz CT molecular complexity index is 845. The number of urea groups is 1. The summed E-state index contributed by atoms with van der Waals surface area (Å²) in [5.74, 6) is -1.99. The molecule has 7 heteroatoms. The Hall–Kier alpha value is -2.96. The number of nitrogens with one attached hydrogen (secondary N) is 2. The number of halogens is 2. The van der Waals surface area contributed by atoms with E-state index in [0.717, 1.165) is 17.7 Å². The fourth-order valence-electron chi connectivity index (χ4n) is 3.53. The van der Waals surface area contributed by atoms with E-state index < -0.39 is 17.7 Å². The highest BCUT2D eigenvalue weighted by Crippen LogP contribution is 2.34. The van der Waals surface area contributed by atoms with E-state index in [1.807, 2.05) is 37.3 Å². The summed E-state index contributed by atoms with van der Waals surface area (Å²) in [6.45, 7) is 2.58. The fraction of sp³-hybridized carbons (Fsp3) is 0.333. The highest BCUT2D eigenvalue weighted by molar-refractivity contribution is 5.90. The molecular formula is C21H23F2N3O2. The van der Waals surface area contributed by atoms with Gasteiger partial charge in [0.25, 0.3) is 0 Å². The van der Waals surface area contributed by atoms with Gasteiger partial charge in [-0.3, -0.25) is 4.79 Å². The van der Waals surface area contributed by atoms with Crippen LogP contribution >= 0.6 is 0 Å². The third-order valence-electron chi connectivity index (χ3n) is 4.92. The molecule has 3 rings (SSSR count). The summed E-state index contributed by atoms with van der Waals surface area (Å²) in [5.41, 5.74) is 0.852. The van der Waals surface area contributed by atoms with Crippen LogP contribution in [0.2, 0.25) is 0 Å². The largest absolute Gasteiger partial charge is 0.356 e. The average molecular weight is 387 g/mol. The van der Waals surface area contributed by atoms with E-state index in [1.165, 1.54) is 6.07 Å². The van der Waals surface area contributed by atoms with Crippen molar-refractivity contribution >= 4 is 17.6 Å². The summed E-state index contributed by atoms with van der Waals surface area (Å²) < 4.78 is 27.1. The Morgan fingerprint density at radius 3 is 2.54 bits per heavy atom. The molecule has 0 saturated carbocycles. The van der Waals surface area contributed by atoms with E-state index in [-0.39, 0.29) is 30.1 Å². The summed E-state index contributed by atoms with van der Waals surface area (Å²) in [4.78, 5) is 26.8. The van der Waals surface area contributed by atoms with E-state index in [1.54, 1.807) is 4.90 Å². The number of hydrogen-bond acceptors (Lipinski definition) is 2. The number of rotatable bonds is 4. The Labute approximate surface area is 162 Å². The number of amides is 3. The highest BCUT2D eigenvalue weighted by atomic mass is 19.1. The molecule has 148 valence electrons. The van der Waals surface area contributed by atoms with Crippen molar-refractivity contribution in [2.45, 2.75) is 25.8 Å². The molecule has 2 unspecified atom stereocenters. The summed E-state index contributed by atoms with van der Waals surface area (Å²) in [5, 5.41) is 5.31. The van der Waals surface area contributed by atoms with E-state index in [9.17, 15) is 18.4 Å². The first kappa shape index (κ1) is 19.8. The fourth-order valence-corrected chi connectivity index (χ4v) is 3.53. The topological polar surface area (TPSA) is 61.4 Å². The predicted octanol–water partition coefficient (Wildman–Crippen LogP) is 4.09. The van der Waals surface area contributed by atoms with E-state index in [2.05, 4.69) is 10.6 Å². The van der Waals surface area contributed by atoms with Gasteiger partial charge in [-0.05, 0) is 37.5 Å². The third kappa shape index (κ3) is 4.47. The van der Waals surface area contributed by atoms with E-state index >= 15 is 0 Å². The lowest BCUT2D eigenvalue weighted by atomic mass is 9.88. The zero-order chi connectivity index (χ0) is 20.1. The molecule has 0 aromatic heterocycles. The van der Waals surface area contributed by atoms with Crippen LogP contribution in [-0.2, 0) is 4.79 Å². The van der Waals surface area contributed by atoms with Crippen molar-refractivity contribution in [1.29, 1.82) is 0 Å². The lowest BCUT2D eigenvalue weighted by Gasteiger charge is -2.39. The molecule has 1 fully saturated rings. The number of likely N-dealkylation sites (tertiary alicyclic amines) is 1. The van der Waals surface area contributed by atoms with Crippen LogP contribution in [0.5, 0.6) is 0 Å². The van der Waals surface area contributed by atoms with Crippen LogP contribution in [0.3, 0.4) is 0 Å². The molecule has 0 radical (unpaired) electrons. The number of anilines is 1. The van der Waals surface area contributed by atoms with Crippen molar-refractivity contribution in [2.24, 2.45) is 5.92 Å². The first-order valence-electron chi connectivity index (χ1n) is 9.35. The molecule has 2 aromatic carbocycles. The van der Waals surface area contributed by atoms with Crippen molar-refractivity contribution in [3.8, 4) is 0 Å². The molecule has 1 saturated heterocycles. The predicted molar refractivity (Wildman–Crippen MR) is 103 cm³/mol. The van der Waals surface area contributed by atoms with Crippen molar-refractivity contribution in [1.82, 2.24) is 10.2 Å². The van der Waals surface area contributed by atoms with Crippen LogP contribution in [0, 0.1) is 17.6 Å². The minimum atomic E-state index is -0.845. The molecule has 5 nitrogen and oxygen atoms in total. The average Bonchev–Trinajstić information content (AvgIpc) is 2.70. The minimum absolute atomic E-state index is 0.0974. The van der Waals surface area contributed by atoms with Gasteiger partial charge in [-0.25, -0.2) is 13.6 Å². The number of carbonyl (C=O) groups is 2. The second-order valence-electron chi connectivity index (χ2n) is 6.80. The van der Waals surface area contributed by atoms with Crippen LogP contribution in [0.4, 0.5) is 19.3 Å². The summed E-state index contributed by atoms with van der Waals surface area (Å²) in [6, 6.07) is 11.8. The van der Waals surface area contributed by atoms with Gasteiger partial charge in [-0.2, -0.15) is 0 Å².